The minimum Gasteiger partial charge on any atom is -0.350 e. The van der Waals surface area contributed by atoms with Crippen LogP contribution >= 0.6 is 0 Å². The highest BCUT2D eigenvalue weighted by molar-refractivity contribution is 5.06. The van der Waals surface area contributed by atoms with Crippen molar-refractivity contribution < 1.29 is 0 Å². The minimum atomic E-state index is 0.646. The third kappa shape index (κ3) is 2.59. The smallest absolute Gasteiger partial charge is 0.0334 e. The van der Waals surface area contributed by atoms with Gasteiger partial charge in [0.1, 0.15) is 0 Å². The molecule has 0 unspecified atom stereocenters. The van der Waals surface area contributed by atoms with Gasteiger partial charge in [-0.25, -0.2) is 0 Å². The fourth-order valence-electron chi connectivity index (χ4n) is 1.64. The molecule has 1 heterocycles. The van der Waals surface area contributed by atoms with Gasteiger partial charge in [0.25, 0.3) is 0 Å². The van der Waals surface area contributed by atoms with Crippen LogP contribution in [0, 0.1) is 5.92 Å². The summed E-state index contributed by atoms with van der Waals surface area (Å²) in [6.07, 6.45) is 4.62. The standard InChI is InChI=1S/C11H20N2/c1-3-10(4-2)9-13-7-5-6-11(13)8-12/h5-7,10H,3-4,8-9,12H2,1-2H3. The van der Waals surface area contributed by atoms with Gasteiger partial charge in [-0.1, -0.05) is 26.7 Å². The Hall–Kier alpha value is -0.760. The number of rotatable bonds is 5. The topological polar surface area (TPSA) is 30.9 Å². The van der Waals surface area contributed by atoms with E-state index >= 15 is 0 Å². The normalized spacial score (nSPS) is 11.1. The van der Waals surface area contributed by atoms with Crippen LogP contribution in [0.25, 0.3) is 0 Å². The molecule has 0 aliphatic rings. The van der Waals surface area contributed by atoms with Crippen molar-refractivity contribution in [3.8, 4) is 0 Å². The van der Waals surface area contributed by atoms with Gasteiger partial charge in [0.05, 0.1) is 0 Å². The van der Waals surface area contributed by atoms with Crippen LogP contribution in [0.1, 0.15) is 32.4 Å². The molecule has 0 saturated heterocycles. The Balaban J connectivity index is 2.61. The van der Waals surface area contributed by atoms with E-state index in [9.17, 15) is 0 Å². The second-order valence-corrected chi connectivity index (χ2v) is 3.54. The van der Waals surface area contributed by atoms with Crippen LogP contribution in [0.3, 0.4) is 0 Å². The Morgan fingerprint density at radius 1 is 1.38 bits per heavy atom. The first-order chi connectivity index (χ1) is 6.31. The highest BCUT2D eigenvalue weighted by atomic mass is 15.0. The molecule has 0 radical (unpaired) electrons. The second-order valence-electron chi connectivity index (χ2n) is 3.54. The SMILES string of the molecule is CCC(CC)Cn1cccc1CN. The largest absolute Gasteiger partial charge is 0.350 e. The van der Waals surface area contributed by atoms with E-state index < -0.39 is 0 Å². The van der Waals surface area contributed by atoms with Crippen LogP contribution in [0.2, 0.25) is 0 Å². The quantitative estimate of drug-likeness (QED) is 0.741. The van der Waals surface area contributed by atoms with Crippen LogP contribution in [-0.2, 0) is 13.1 Å². The third-order valence-corrected chi connectivity index (χ3v) is 2.74. The number of nitrogens with zero attached hydrogens (tertiary/aromatic N) is 1. The molecule has 0 aliphatic carbocycles. The molecular formula is C11H20N2. The molecule has 0 spiro atoms. The van der Waals surface area contributed by atoms with Crippen molar-refractivity contribution in [2.75, 3.05) is 0 Å². The first-order valence-corrected chi connectivity index (χ1v) is 5.15. The van der Waals surface area contributed by atoms with Crippen LogP contribution in [0.4, 0.5) is 0 Å². The molecular weight excluding hydrogens is 160 g/mol. The fourth-order valence-corrected chi connectivity index (χ4v) is 1.64. The lowest BCUT2D eigenvalue weighted by Crippen LogP contribution is -2.12. The molecule has 1 aromatic heterocycles. The van der Waals surface area contributed by atoms with E-state index in [1.165, 1.54) is 18.5 Å². The van der Waals surface area contributed by atoms with Gasteiger partial charge in [0, 0.05) is 25.0 Å². The molecule has 74 valence electrons. The molecule has 0 atom stereocenters. The van der Waals surface area contributed by atoms with Gasteiger partial charge in [-0.15, -0.1) is 0 Å². The van der Waals surface area contributed by atoms with Gasteiger partial charge in [0.15, 0.2) is 0 Å². The van der Waals surface area contributed by atoms with Crippen LogP contribution < -0.4 is 5.73 Å². The molecule has 2 N–H and O–H groups in total. The van der Waals surface area contributed by atoms with Crippen molar-refractivity contribution in [2.24, 2.45) is 11.7 Å². The van der Waals surface area contributed by atoms with Crippen LogP contribution in [0.15, 0.2) is 18.3 Å². The summed E-state index contributed by atoms with van der Waals surface area (Å²) in [5.74, 6) is 0.790. The molecule has 2 heteroatoms. The van der Waals surface area contributed by atoms with Crippen LogP contribution in [-0.4, -0.2) is 4.57 Å². The molecule has 13 heavy (non-hydrogen) atoms. The first-order valence-electron chi connectivity index (χ1n) is 5.15. The van der Waals surface area contributed by atoms with E-state index in [0.29, 0.717) is 6.54 Å². The third-order valence-electron chi connectivity index (χ3n) is 2.74. The maximum absolute atomic E-state index is 5.63. The van der Waals surface area contributed by atoms with E-state index in [0.717, 1.165) is 12.5 Å². The highest BCUT2D eigenvalue weighted by Gasteiger charge is 2.05. The average molecular weight is 180 g/mol. The summed E-state index contributed by atoms with van der Waals surface area (Å²) in [6.45, 7) is 6.26. The Kier molecular flexibility index (Phi) is 4.03. The van der Waals surface area contributed by atoms with Crippen molar-refractivity contribution in [2.45, 2.75) is 39.8 Å². The van der Waals surface area contributed by atoms with Gasteiger partial charge in [0.2, 0.25) is 0 Å². The highest BCUT2D eigenvalue weighted by Crippen LogP contribution is 2.12. The van der Waals surface area contributed by atoms with Crippen molar-refractivity contribution >= 4 is 0 Å². The monoisotopic (exact) mass is 180 g/mol. The number of aromatic nitrogens is 1. The zero-order chi connectivity index (χ0) is 9.68. The lowest BCUT2D eigenvalue weighted by molar-refractivity contribution is 0.413. The molecule has 0 bridgehead atoms. The Labute approximate surface area is 80.7 Å². The molecule has 2 nitrogen and oxygen atoms in total. The molecule has 1 rings (SSSR count). The predicted molar refractivity (Wildman–Crippen MR) is 56.4 cm³/mol. The number of nitrogens with two attached hydrogens (primary N) is 1. The fraction of sp³-hybridized carbons (Fsp3) is 0.636. The van der Waals surface area contributed by atoms with E-state index in [2.05, 4.69) is 36.7 Å². The zero-order valence-corrected chi connectivity index (χ0v) is 8.66. The van der Waals surface area contributed by atoms with E-state index in [1.807, 2.05) is 0 Å². The molecule has 1 aromatic rings. The van der Waals surface area contributed by atoms with Crippen molar-refractivity contribution in [3.63, 3.8) is 0 Å². The summed E-state index contributed by atoms with van der Waals surface area (Å²) in [6, 6.07) is 4.17. The summed E-state index contributed by atoms with van der Waals surface area (Å²) in [7, 11) is 0. The van der Waals surface area contributed by atoms with Gasteiger partial charge >= 0.3 is 0 Å². The number of hydrogen-bond acceptors (Lipinski definition) is 1. The molecule has 0 amide bonds. The van der Waals surface area contributed by atoms with Crippen molar-refractivity contribution in [1.82, 2.24) is 4.57 Å². The zero-order valence-electron chi connectivity index (χ0n) is 8.66. The van der Waals surface area contributed by atoms with Gasteiger partial charge in [-0.3, -0.25) is 0 Å². The summed E-state index contributed by atoms with van der Waals surface area (Å²) in [5.41, 5.74) is 6.88. The summed E-state index contributed by atoms with van der Waals surface area (Å²) >= 11 is 0. The van der Waals surface area contributed by atoms with E-state index in [4.69, 9.17) is 5.73 Å². The maximum Gasteiger partial charge on any atom is 0.0334 e. The Morgan fingerprint density at radius 2 is 2.08 bits per heavy atom. The Bertz CT molecular complexity index is 236. The molecule has 0 aromatic carbocycles. The lowest BCUT2D eigenvalue weighted by atomic mass is 10.0. The summed E-state index contributed by atoms with van der Waals surface area (Å²) in [4.78, 5) is 0. The lowest BCUT2D eigenvalue weighted by Gasteiger charge is -2.15. The average Bonchev–Trinajstić information content (AvgIpc) is 2.61. The molecule has 0 fully saturated rings. The summed E-state index contributed by atoms with van der Waals surface area (Å²) < 4.78 is 2.28. The molecule has 0 saturated carbocycles. The minimum absolute atomic E-state index is 0.646. The van der Waals surface area contributed by atoms with Crippen LogP contribution in [0.5, 0.6) is 0 Å². The Morgan fingerprint density at radius 3 is 2.62 bits per heavy atom. The predicted octanol–water partition coefficient (Wildman–Crippen LogP) is 2.38. The van der Waals surface area contributed by atoms with Gasteiger partial charge in [-0.2, -0.15) is 0 Å². The first kappa shape index (κ1) is 10.3. The molecule has 0 aliphatic heterocycles. The van der Waals surface area contributed by atoms with Crippen molar-refractivity contribution in [3.05, 3.63) is 24.0 Å². The second kappa shape index (κ2) is 5.07. The van der Waals surface area contributed by atoms with Crippen molar-refractivity contribution in [1.29, 1.82) is 0 Å². The van der Waals surface area contributed by atoms with Gasteiger partial charge in [-0.05, 0) is 18.1 Å². The van der Waals surface area contributed by atoms with E-state index in [-0.39, 0.29) is 0 Å². The van der Waals surface area contributed by atoms with E-state index in [1.54, 1.807) is 0 Å². The number of hydrogen-bond donors (Lipinski definition) is 1. The summed E-state index contributed by atoms with van der Waals surface area (Å²) in [5, 5.41) is 0. The maximum atomic E-state index is 5.63. The van der Waals surface area contributed by atoms with Gasteiger partial charge < -0.3 is 10.3 Å².